The van der Waals surface area contributed by atoms with Crippen LogP contribution in [-0.4, -0.2) is 30.8 Å². The zero-order chi connectivity index (χ0) is 24.7. The lowest BCUT2D eigenvalue weighted by Crippen LogP contribution is -2.38. The van der Waals surface area contributed by atoms with Gasteiger partial charge in [0.2, 0.25) is 11.7 Å². The minimum Gasteiger partial charge on any atom is -0.324 e. The summed E-state index contributed by atoms with van der Waals surface area (Å²) in [4.78, 5) is 31.9. The molecule has 1 aliphatic rings. The molecule has 0 spiro atoms. The van der Waals surface area contributed by atoms with Crippen molar-refractivity contribution in [3.05, 3.63) is 75.6 Å². The summed E-state index contributed by atoms with van der Waals surface area (Å²) in [5.41, 5.74) is 5.03. The van der Waals surface area contributed by atoms with Gasteiger partial charge in [-0.1, -0.05) is 74.5 Å². The summed E-state index contributed by atoms with van der Waals surface area (Å²) < 4.78 is 3.14. The Balaban J connectivity index is 1.66. The number of carbonyl (C=O) groups is 1. The summed E-state index contributed by atoms with van der Waals surface area (Å²) in [6.07, 6.45) is 1.61. The predicted molar refractivity (Wildman–Crippen MR) is 140 cm³/mol. The lowest BCUT2D eigenvalue weighted by molar-refractivity contribution is -0.116. The fourth-order valence-electron chi connectivity index (χ4n) is 4.80. The Morgan fingerprint density at radius 2 is 1.89 bits per heavy atom. The van der Waals surface area contributed by atoms with E-state index in [1.165, 1.54) is 17.3 Å². The standard InChI is InChI=1S/C27H29N5O2S/c1-5-27(4)15-18-9-7-8-10-20(18)23-22(27)24(34)32-25(29-23)31(30-26(32)35-6-2)16-21(33)28-19-13-11-17(3)12-14-19/h7-14H,5-6,15-16H2,1-4H3,(H,28,33). The zero-order valence-corrected chi connectivity index (χ0v) is 21.3. The van der Waals surface area contributed by atoms with Gasteiger partial charge in [-0.25, -0.2) is 14.1 Å². The fourth-order valence-corrected chi connectivity index (χ4v) is 5.51. The summed E-state index contributed by atoms with van der Waals surface area (Å²) >= 11 is 1.48. The average Bonchev–Trinajstić information content (AvgIpc) is 3.17. The molecule has 8 heteroatoms. The minimum atomic E-state index is -0.325. The van der Waals surface area contributed by atoms with E-state index in [1.54, 1.807) is 9.08 Å². The van der Waals surface area contributed by atoms with Crippen LogP contribution in [-0.2, 0) is 23.2 Å². The highest BCUT2D eigenvalue weighted by Gasteiger charge is 2.38. The number of fused-ring (bicyclic) bond motifs is 4. The number of hydrogen-bond acceptors (Lipinski definition) is 5. The summed E-state index contributed by atoms with van der Waals surface area (Å²) in [6, 6.07) is 15.8. The zero-order valence-electron chi connectivity index (χ0n) is 20.5. The van der Waals surface area contributed by atoms with Crippen molar-refractivity contribution in [3.63, 3.8) is 0 Å². The van der Waals surface area contributed by atoms with Crippen molar-refractivity contribution in [1.82, 2.24) is 19.2 Å². The van der Waals surface area contributed by atoms with Gasteiger partial charge >= 0.3 is 0 Å². The van der Waals surface area contributed by atoms with Crippen molar-refractivity contribution in [2.24, 2.45) is 0 Å². The highest BCUT2D eigenvalue weighted by molar-refractivity contribution is 7.99. The number of anilines is 1. The normalized spacial score (nSPS) is 16.7. The highest BCUT2D eigenvalue weighted by Crippen LogP contribution is 2.42. The second kappa shape index (κ2) is 9.00. The maximum absolute atomic E-state index is 14.0. The topological polar surface area (TPSA) is 81.3 Å². The summed E-state index contributed by atoms with van der Waals surface area (Å²) in [7, 11) is 0. The first kappa shape index (κ1) is 23.4. The van der Waals surface area contributed by atoms with Crippen LogP contribution in [0.2, 0.25) is 0 Å². The van der Waals surface area contributed by atoms with E-state index in [2.05, 4.69) is 30.3 Å². The molecule has 5 rings (SSSR count). The molecule has 180 valence electrons. The molecule has 2 aromatic heterocycles. The van der Waals surface area contributed by atoms with Crippen LogP contribution in [0.15, 0.2) is 58.5 Å². The Kier molecular flexibility index (Phi) is 6.01. The third kappa shape index (κ3) is 4.05. The Labute approximate surface area is 208 Å². The van der Waals surface area contributed by atoms with Gasteiger partial charge in [0.05, 0.1) is 11.3 Å². The smallest absolute Gasteiger partial charge is 0.265 e. The van der Waals surface area contributed by atoms with E-state index >= 15 is 0 Å². The molecule has 2 heterocycles. The Hall–Kier alpha value is -3.39. The number of aryl methyl sites for hydroxylation is 1. The molecule has 0 saturated heterocycles. The fraction of sp³-hybridized carbons (Fsp3) is 0.333. The molecule has 0 radical (unpaired) electrons. The molecule has 1 N–H and O–H groups in total. The molecule has 0 fully saturated rings. The Bertz CT molecular complexity index is 1490. The van der Waals surface area contributed by atoms with E-state index in [4.69, 9.17) is 4.98 Å². The lowest BCUT2D eigenvalue weighted by Gasteiger charge is -2.35. The van der Waals surface area contributed by atoms with Gasteiger partial charge in [-0.15, -0.1) is 5.10 Å². The number of hydrogen-bond donors (Lipinski definition) is 1. The van der Waals surface area contributed by atoms with Crippen LogP contribution in [0.3, 0.4) is 0 Å². The van der Waals surface area contributed by atoms with E-state index in [0.717, 1.165) is 41.0 Å². The lowest BCUT2D eigenvalue weighted by atomic mass is 9.69. The summed E-state index contributed by atoms with van der Waals surface area (Å²) in [5, 5.41) is 8.13. The molecular weight excluding hydrogens is 458 g/mol. The van der Waals surface area contributed by atoms with Crippen LogP contribution >= 0.6 is 11.8 Å². The highest BCUT2D eigenvalue weighted by atomic mass is 32.2. The molecule has 1 unspecified atom stereocenters. The van der Waals surface area contributed by atoms with E-state index in [0.29, 0.717) is 16.6 Å². The second-order valence-electron chi connectivity index (χ2n) is 9.31. The van der Waals surface area contributed by atoms with E-state index in [-0.39, 0.29) is 23.4 Å². The quantitative estimate of drug-likeness (QED) is 0.394. The molecule has 4 aromatic rings. The number of aromatic nitrogens is 4. The van der Waals surface area contributed by atoms with Crippen LogP contribution in [0.4, 0.5) is 5.69 Å². The Morgan fingerprint density at radius 1 is 1.14 bits per heavy atom. The Morgan fingerprint density at radius 3 is 2.60 bits per heavy atom. The minimum absolute atomic E-state index is 0.0421. The molecule has 1 aliphatic carbocycles. The number of thioether (sulfide) groups is 1. The van der Waals surface area contributed by atoms with Crippen molar-refractivity contribution in [1.29, 1.82) is 0 Å². The van der Waals surface area contributed by atoms with Crippen LogP contribution < -0.4 is 10.9 Å². The largest absolute Gasteiger partial charge is 0.324 e. The van der Waals surface area contributed by atoms with Gasteiger partial charge in [0.25, 0.3) is 5.56 Å². The first-order valence-electron chi connectivity index (χ1n) is 12.0. The van der Waals surface area contributed by atoms with E-state index in [1.807, 2.05) is 56.3 Å². The van der Waals surface area contributed by atoms with Crippen molar-refractivity contribution in [2.45, 2.75) is 57.7 Å². The monoisotopic (exact) mass is 487 g/mol. The number of nitrogens with one attached hydrogen (secondary N) is 1. The molecule has 0 saturated carbocycles. The van der Waals surface area contributed by atoms with Crippen molar-refractivity contribution >= 4 is 29.1 Å². The van der Waals surface area contributed by atoms with Gasteiger partial charge in [0.1, 0.15) is 6.54 Å². The summed E-state index contributed by atoms with van der Waals surface area (Å²) in [5.74, 6) is 0.913. The van der Waals surface area contributed by atoms with Gasteiger partial charge in [0, 0.05) is 16.7 Å². The predicted octanol–water partition coefficient (Wildman–Crippen LogP) is 4.84. The number of carbonyl (C=O) groups excluding carboxylic acids is 1. The van der Waals surface area contributed by atoms with Crippen molar-refractivity contribution in [3.8, 4) is 11.3 Å². The van der Waals surface area contributed by atoms with Gasteiger partial charge in [-0.3, -0.25) is 9.59 Å². The van der Waals surface area contributed by atoms with E-state index < -0.39 is 0 Å². The molecule has 0 aliphatic heterocycles. The number of nitrogens with zero attached hydrogens (tertiary/aromatic N) is 4. The molecule has 0 bridgehead atoms. The third-order valence-corrected chi connectivity index (χ3v) is 7.64. The van der Waals surface area contributed by atoms with Gasteiger partial charge in [0.15, 0.2) is 5.16 Å². The van der Waals surface area contributed by atoms with Gasteiger partial charge in [-0.05, 0) is 43.2 Å². The average molecular weight is 488 g/mol. The molecular formula is C27H29N5O2S. The SMILES string of the molecule is CCSc1nn(CC(=O)Nc2ccc(C)cc2)c2nc3c(c(=O)n12)C(C)(CC)Cc1ccccc1-3. The summed E-state index contributed by atoms with van der Waals surface area (Å²) in [6.45, 7) is 8.23. The molecule has 7 nitrogen and oxygen atoms in total. The van der Waals surface area contributed by atoms with E-state index in [9.17, 15) is 9.59 Å². The van der Waals surface area contributed by atoms with Crippen molar-refractivity contribution < 1.29 is 4.79 Å². The maximum atomic E-state index is 14.0. The second-order valence-corrected chi connectivity index (χ2v) is 10.5. The molecule has 1 amide bonds. The van der Waals surface area contributed by atoms with Crippen molar-refractivity contribution in [2.75, 3.05) is 11.1 Å². The molecule has 35 heavy (non-hydrogen) atoms. The van der Waals surface area contributed by atoms with Crippen LogP contribution in [0.1, 0.15) is 43.9 Å². The third-order valence-electron chi connectivity index (χ3n) is 6.83. The molecule has 2 aromatic carbocycles. The van der Waals surface area contributed by atoms with Crippen LogP contribution in [0.5, 0.6) is 0 Å². The van der Waals surface area contributed by atoms with Gasteiger partial charge in [-0.2, -0.15) is 0 Å². The maximum Gasteiger partial charge on any atom is 0.265 e. The molecule has 1 atom stereocenters. The number of amides is 1. The first-order valence-corrected chi connectivity index (χ1v) is 12.9. The number of benzene rings is 2. The van der Waals surface area contributed by atoms with Gasteiger partial charge < -0.3 is 5.32 Å². The van der Waals surface area contributed by atoms with Crippen LogP contribution in [0.25, 0.3) is 17.0 Å². The number of rotatable bonds is 6. The first-order chi connectivity index (χ1) is 16.8. The van der Waals surface area contributed by atoms with Crippen LogP contribution in [0, 0.1) is 6.92 Å².